The van der Waals surface area contributed by atoms with Crippen molar-refractivity contribution in [3.8, 4) is 5.75 Å². The summed E-state index contributed by atoms with van der Waals surface area (Å²) in [4.78, 5) is 1.29. The van der Waals surface area contributed by atoms with Crippen LogP contribution in [0.15, 0.2) is 53.4 Å². The lowest BCUT2D eigenvalue weighted by atomic mass is 9.99. The van der Waals surface area contributed by atoms with Gasteiger partial charge >= 0.3 is 0 Å². The second kappa shape index (κ2) is 7.53. The smallest absolute Gasteiger partial charge is 0.119 e. The van der Waals surface area contributed by atoms with Gasteiger partial charge in [0, 0.05) is 4.90 Å². The molecule has 1 atom stereocenters. The van der Waals surface area contributed by atoms with E-state index in [1.54, 1.807) is 11.8 Å². The zero-order valence-electron chi connectivity index (χ0n) is 13.1. The van der Waals surface area contributed by atoms with Crippen molar-refractivity contribution in [3.05, 3.63) is 59.7 Å². The first-order valence-electron chi connectivity index (χ1n) is 7.22. The van der Waals surface area contributed by atoms with Gasteiger partial charge in [-0.05, 0) is 62.5 Å². The fraction of sp³-hybridized carbons (Fsp3) is 0.333. The number of thioether (sulfide) groups is 1. The van der Waals surface area contributed by atoms with Crippen LogP contribution >= 0.6 is 11.8 Å². The van der Waals surface area contributed by atoms with Crippen molar-refractivity contribution < 1.29 is 4.74 Å². The molecule has 2 aromatic carbocycles. The van der Waals surface area contributed by atoms with Gasteiger partial charge in [-0.25, -0.2) is 0 Å². The Morgan fingerprint density at radius 1 is 0.905 bits per heavy atom. The Bertz CT molecular complexity index is 548. The van der Waals surface area contributed by atoms with Gasteiger partial charge in [0.2, 0.25) is 0 Å². The van der Waals surface area contributed by atoms with Gasteiger partial charge in [-0.3, -0.25) is 0 Å². The van der Waals surface area contributed by atoms with Gasteiger partial charge < -0.3 is 10.1 Å². The summed E-state index contributed by atoms with van der Waals surface area (Å²) in [6.45, 7) is 4.08. The summed E-state index contributed by atoms with van der Waals surface area (Å²) in [6, 6.07) is 17.2. The van der Waals surface area contributed by atoms with Crippen LogP contribution in [0.3, 0.4) is 0 Å². The molecule has 0 spiro atoms. The number of benzene rings is 2. The molecule has 112 valence electrons. The Labute approximate surface area is 131 Å². The first-order valence-corrected chi connectivity index (χ1v) is 8.44. The second-order valence-corrected chi connectivity index (χ2v) is 6.11. The Morgan fingerprint density at radius 3 is 1.86 bits per heavy atom. The molecule has 0 amide bonds. The minimum Gasteiger partial charge on any atom is -0.491 e. The quantitative estimate of drug-likeness (QED) is 0.794. The molecule has 0 heterocycles. The standard InChI is InChI=1S/C18H23NOS/c1-13(2)20-16-9-5-14(6-10-16)18(19-3)15-7-11-17(21-4)12-8-15/h5-13,18-19H,1-4H3. The van der Waals surface area contributed by atoms with Crippen molar-refractivity contribution in [2.45, 2.75) is 30.9 Å². The molecule has 2 nitrogen and oxygen atoms in total. The van der Waals surface area contributed by atoms with Crippen molar-refractivity contribution >= 4 is 11.8 Å². The third kappa shape index (κ3) is 4.26. The van der Waals surface area contributed by atoms with E-state index >= 15 is 0 Å². The lowest BCUT2D eigenvalue weighted by Crippen LogP contribution is -2.17. The summed E-state index contributed by atoms with van der Waals surface area (Å²) in [5.74, 6) is 0.918. The average Bonchev–Trinajstić information content (AvgIpc) is 2.50. The molecule has 0 aliphatic carbocycles. The largest absolute Gasteiger partial charge is 0.491 e. The van der Waals surface area contributed by atoms with E-state index in [0.29, 0.717) is 0 Å². The van der Waals surface area contributed by atoms with Crippen LogP contribution in [0.2, 0.25) is 0 Å². The molecule has 0 aliphatic rings. The molecule has 0 saturated heterocycles. The minimum atomic E-state index is 0.203. The zero-order chi connectivity index (χ0) is 15.2. The Morgan fingerprint density at radius 2 is 1.43 bits per heavy atom. The van der Waals surface area contributed by atoms with E-state index in [-0.39, 0.29) is 12.1 Å². The topological polar surface area (TPSA) is 21.3 Å². The molecule has 1 unspecified atom stereocenters. The van der Waals surface area contributed by atoms with Crippen molar-refractivity contribution in [3.63, 3.8) is 0 Å². The summed E-state index contributed by atoms with van der Waals surface area (Å²) < 4.78 is 5.70. The highest BCUT2D eigenvalue weighted by Crippen LogP contribution is 2.26. The predicted octanol–water partition coefficient (Wildman–Crippen LogP) is 4.50. The molecule has 0 aliphatic heterocycles. The molecule has 21 heavy (non-hydrogen) atoms. The highest BCUT2D eigenvalue weighted by molar-refractivity contribution is 7.98. The summed E-state index contributed by atoms with van der Waals surface area (Å²) >= 11 is 1.76. The first-order chi connectivity index (χ1) is 10.1. The van der Waals surface area contributed by atoms with Crippen LogP contribution in [0, 0.1) is 0 Å². The maximum atomic E-state index is 5.70. The molecular formula is C18H23NOS. The van der Waals surface area contributed by atoms with E-state index in [1.807, 2.05) is 33.0 Å². The molecule has 1 N–H and O–H groups in total. The number of hydrogen-bond acceptors (Lipinski definition) is 3. The number of ether oxygens (including phenoxy) is 1. The van der Waals surface area contributed by atoms with Crippen LogP contribution < -0.4 is 10.1 Å². The Kier molecular flexibility index (Phi) is 5.71. The molecule has 0 radical (unpaired) electrons. The molecule has 2 aromatic rings. The highest BCUT2D eigenvalue weighted by atomic mass is 32.2. The normalized spacial score (nSPS) is 12.4. The van der Waals surface area contributed by atoms with Gasteiger partial charge in [0.25, 0.3) is 0 Å². The maximum absolute atomic E-state index is 5.70. The predicted molar refractivity (Wildman–Crippen MR) is 91.3 cm³/mol. The maximum Gasteiger partial charge on any atom is 0.119 e. The van der Waals surface area contributed by atoms with Gasteiger partial charge in [0.1, 0.15) is 5.75 Å². The monoisotopic (exact) mass is 301 g/mol. The van der Waals surface area contributed by atoms with Gasteiger partial charge in [-0.2, -0.15) is 0 Å². The fourth-order valence-electron chi connectivity index (χ4n) is 2.33. The van der Waals surface area contributed by atoms with Crippen LogP contribution in [0.25, 0.3) is 0 Å². The van der Waals surface area contributed by atoms with E-state index in [9.17, 15) is 0 Å². The summed E-state index contributed by atoms with van der Waals surface area (Å²) in [5.41, 5.74) is 2.51. The van der Waals surface area contributed by atoms with Crippen LogP contribution in [0.4, 0.5) is 0 Å². The Hall–Kier alpha value is -1.45. The third-order valence-corrected chi connectivity index (χ3v) is 4.07. The highest BCUT2D eigenvalue weighted by Gasteiger charge is 2.12. The summed E-state index contributed by atoms with van der Waals surface area (Å²) in [5, 5.41) is 3.38. The van der Waals surface area contributed by atoms with E-state index in [4.69, 9.17) is 4.74 Å². The molecule has 0 bridgehead atoms. The average molecular weight is 301 g/mol. The number of rotatable bonds is 6. The molecule has 2 rings (SSSR count). The van der Waals surface area contributed by atoms with Gasteiger partial charge in [0.05, 0.1) is 12.1 Å². The van der Waals surface area contributed by atoms with Gasteiger partial charge in [-0.15, -0.1) is 11.8 Å². The number of hydrogen-bond donors (Lipinski definition) is 1. The lowest BCUT2D eigenvalue weighted by Gasteiger charge is -2.18. The second-order valence-electron chi connectivity index (χ2n) is 5.23. The van der Waals surface area contributed by atoms with Crippen LogP contribution in [-0.2, 0) is 0 Å². The van der Waals surface area contributed by atoms with E-state index in [2.05, 4.69) is 48.0 Å². The molecule has 0 fully saturated rings. The Balaban J connectivity index is 2.19. The summed E-state index contributed by atoms with van der Waals surface area (Å²) in [7, 11) is 1.99. The SMILES string of the molecule is CNC(c1ccc(OC(C)C)cc1)c1ccc(SC)cc1. The molecule has 3 heteroatoms. The lowest BCUT2D eigenvalue weighted by molar-refractivity contribution is 0.242. The minimum absolute atomic E-state index is 0.203. The van der Waals surface area contributed by atoms with Gasteiger partial charge in [0.15, 0.2) is 0 Å². The van der Waals surface area contributed by atoms with Crippen molar-refractivity contribution in [2.75, 3.05) is 13.3 Å². The van der Waals surface area contributed by atoms with Crippen molar-refractivity contribution in [1.29, 1.82) is 0 Å². The zero-order valence-corrected chi connectivity index (χ0v) is 13.9. The molecular weight excluding hydrogens is 278 g/mol. The summed E-state index contributed by atoms with van der Waals surface area (Å²) in [6.07, 6.45) is 2.30. The van der Waals surface area contributed by atoms with Crippen molar-refractivity contribution in [2.24, 2.45) is 0 Å². The van der Waals surface area contributed by atoms with Crippen LogP contribution in [-0.4, -0.2) is 19.4 Å². The van der Waals surface area contributed by atoms with Crippen molar-refractivity contribution in [1.82, 2.24) is 5.32 Å². The van der Waals surface area contributed by atoms with Crippen LogP contribution in [0.1, 0.15) is 31.0 Å². The van der Waals surface area contributed by atoms with E-state index in [1.165, 1.54) is 16.0 Å². The van der Waals surface area contributed by atoms with Crippen LogP contribution in [0.5, 0.6) is 5.75 Å². The van der Waals surface area contributed by atoms with E-state index in [0.717, 1.165) is 5.75 Å². The fourth-order valence-corrected chi connectivity index (χ4v) is 2.74. The molecule has 0 saturated carbocycles. The van der Waals surface area contributed by atoms with E-state index < -0.39 is 0 Å². The molecule has 0 aromatic heterocycles. The third-order valence-electron chi connectivity index (χ3n) is 3.32. The number of nitrogens with one attached hydrogen (secondary N) is 1. The first kappa shape index (κ1) is 15.9. The van der Waals surface area contributed by atoms with Gasteiger partial charge in [-0.1, -0.05) is 24.3 Å².